The summed E-state index contributed by atoms with van der Waals surface area (Å²) >= 11 is 0. The zero-order valence-electron chi connectivity index (χ0n) is 12.0. The molecule has 0 aliphatic carbocycles. The number of aryl methyl sites for hydroxylation is 1. The van der Waals surface area contributed by atoms with Crippen LogP contribution in [0.1, 0.15) is 18.1 Å². The van der Waals surface area contributed by atoms with Gasteiger partial charge in [-0.2, -0.15) is 0 Å². The van der Waals surface area contributed by atoms with Gasteiger partial charge < -0.3 is 10.1 Å². The Morgan fingerprint density at radius 2 is 2.14 bits per heavy atom. The lowest BCUT2D eigenvalue weighted by molar-refractivity contribution is -0.385. The molecule has 2 aromatic rings. The van der Waals surface area contributed by atoms with E-state index in [1.54, 1.807) is 24.4 Å². The Bertz CT molecular complexity index is 644. The summed E-state index contributed by atoms with van der Waals surface area (Å²) in [4.78, 5) is 14.7. The molecule has 6 nitrogen and oxygen atoms in total. The highest BCUT2D eigenvalue weighted by atomic mass is 16.6. The van der Waals surface area contributed by atoms with Crippen molar-refractivity contribution in [3.8, 4) is 11.6 Å². The first-order valence-electron chi connectivity index (χ1n) is 6.69. The highest BCUT2D eigenvalue weighted by Gasteiger charge is 2.15. The van der Waals surface area contributed by atoms with E-state index in [1.807, 2.05) is 19.9 Å². The minimum Gasteiger partial charge on any atom is -0.432 e. The Morgan fingerprint density at radius 3 is 2.81 bits per heavy atom. The van der Waals surface area contributed by atoms with Gasteiger partial charge in [-0.3, -0.25) is 10.1 Å². The predicted molar refractivity (Wildman–Crippen MR) is 79.5 cm³/mol. The van der Waals surface area contributed by atoms with Gasteiger partial charge in [0.05, 0.1) is 4.92 Å². The maximum atomic E-state index is 11.0. The monoisotopic (exact) mass is 287 g/mol. The minimum absolute atomic E-state index is 0.0737. The van der Waals surface area contributed by atoms with Crippen molar-refractivity contribution in [2.75, 3.05) is 6.54 Å². The average Bonchev–Trinajstić information content (AvgIpc) is 2.48. The molecular weight excluding hydrogens is 270 g/mol. The van der Waals surface area contributed by atoms with Crippen LogP contribution in [0.4, 0.5) is 5.69 Å². The van der Waals surface area contributed by atoms with E-state index < -0.39 is 4.92 Å². The van der Waals surface area contributed by atoms with E-state index in [0.29, 0.717) is 5.88 Å². The number of aromatic nitrogens is 1. The van der Waals surface area contributed by atoms with Crippen LogP contribution in [0, 0.1) is 17.0 Å². The standard InChI is InChI=1S/C15H17N3O3/c1-3-16-9-12-8-11(2)15(17-10-12)21-14-7-5-4-6-13(14)18(19)20/h4-8,10,16H,3,9H2,1-2H3. The SMILES string of the molecule is CCNCc1cnc(Oc2ccccc2[N+](=O)[O-])c(C)c1. The Labute approximate surface area is 122 Å². The maximum absolute atomic E-state index is 11.0. The molecule has 2 rings (SSSR count). The second-order valence-corrected chi connectivity index (χ2v) is 4.57. The molecule has 0 saturated heterocycles. The Kier molecular flexibility index (Phi) is 4.84. The molecule has 1 heterocycles. The number of rotatable bonds is 6. The molecule has 0 aliphatic rings. The number of nitro benzene ring substituents is 1. The maximum Gasteiger partial charge on any atom is 0.311 e. The topological polar surface area (TPSA) is 77.3 Å². The number of nitrogens with one attached hydrogen (secondary N) is 1. The van der Waals surface area contributed by atoms with Gasteiger partial charge in [0.15, 0.2) is 0 Å². The fourth-order valence-electron chi connectivity index (χ4n) is 1.89. The zero-order valence-corrected chi connectivity index (χ0v) is 12.0. The molecule has 0 fully saturated rings. The van der Waals surface area contributed by atoms with Crippen molar-refractivity contribution >= 4 is 5.69 Å². The molecule has 110 valence electrons. The third-order valence-electron chi connectivity index (χ3n) is 2.93. The summed E-state index contributed by atoms with van der Waals surface area (Å²) in [5.41, 5.74) is 1.81. The van der Waals surface area contributed by atoms with Crippen LogP contribution in [-0.2, 0) is 6.54 Å². The molecule has 21 heavy (non-hydrogen) atoms. The number of para-hydroxylation sites is 2. The number of nitrogens with zero attached hydrogens (tertiary/aromatic N) is 2. The van der Waals surface area contributed by atoms with Gasteiger partial charge in [0.1, 0.15) is 0 Å². The lowest BCUT2D eigenvalue weighted by atomic mass is 10.2. The number of benzene rings is 1. The molecule has 6 heteroatoms. The van der Waals surface area contributed by atoms with Crippen molar-refractivity contribution in [2.45, 2.75) is 20.4 Å². The second-order valence-electron chi connectivity index (χ2n) is 4.57. The number of ether oxygens (including phenoxy) is 1. The van der Waals surface area contributed by atoms with E-state index in [4.69, 9.17) is 4.74 Å². The van der Waals surface area contributed by atoms with Gasteiger partial charge in [0.25, 0.3) is 0 Å². The van der Waals surface area contributed by atoms with E-state index in [-0.39, 0.29) is 11.4 Å². The molecule has 0 amide bonds. The molecule has 0 spiro atoms. The fraction of sp³-hybridized carbons (Fsp3) is 0.267. The van der Waals surface area contributed by atoms with E-state index >= 15 is 0 Å². The lowest BCUT2D eigenvalue weighted by Gasteiger charge is -2.09. The number of nitro groups is 1. The van der Waals surface area contributed by atoms with Crippen molar-refractivity contribution in [1.82, 2.24) is 10.3 Å². The average molecular weight is 287 g/mol. The number of pyridine rings is 1. The van der Waals surface area contributed by atoms with Gasteiger partial charge in [-0.25, -0.2) is 4.98 Å². The molecule has 0 radical (unpaired) electrons. The first-order valence-corrected chi connectivity index (χ1v) is 6.69. The van der Waals surface area contributed by atoms with Crippen molar-refractivity contribution in [3.05, 3.63) is 57.8 Å². The zero-order chi connectivity index (χ0) is 15.2. The van der Waals surface area contributed by atoms with Gasteiger partial charge in [-0.1, -0.05) is 19.1 Å². The van der Waals surface area contributed by atoms with Gasteiger partial charge in [0, 0.05) is 24.4 Å². The summed E-state index contributed by atoms with van der Waals surface area (Å²) in [6.45, 7) is 5.52. The largest absolute Gasteiger partial charge is 0.432 e. The van der Waals surface area contributed by atoms with Crippen molar-refractivity contribution in [1.29, 1.82) is 0 Å². The van der Waals surface area contributed by atoms with Crippen molar-refractivity contribution in [3.63, 3.8) is 0 Å². The first-order chi connectivity index (χ1) is 10.1. The number of hydrogen-bond donors (Lipinski definition) is 1. The third-order valence-corrected chi connectivity index (χ3v) is 2.93. The predicted octanol–water partition coefficient (Wildman–Crippen LogP) is 3.20. The van der Waals surface area contributed by atoms with Crippen LogP contribution in [0.5, 0.6) is 11.6 Å². The summed E-state index contributed by atoms with van der Waals surface area (Å²) in [7, 11) is 0. The van der Waals surface area contributed by atoms with Gasteiger partial charge in [-0.15, -0.1) is 0 Å². The molecule has 1 aromatic heterocycles. The van der Waals surface area contributed by atoms with E-state index in [9.17, 15) is 10.1 Å². The quantitative estimate of drug-likeness (QED) is 0.652. The summed E-state index contributed by atoms with van der Waals surface area (Å²) in [5, 5.41) is 14.2. The van der Waals surface area contributed by atoms with E-state index in [1.165, 1.54) is 6.07 Å². The Hall–Kier alpha value is -2.47. The van der Waals surface area contributed by atoms with Crippen LogP contribution in [-0.4, -0.2) is 16.5 Å². The van der Waals surface area contributed by atoms with Crippen molar-refractivity contribution < 1.29 is 9.66 Å². The minimum atomic E-state index is -0.468. The normalized spacial score (nSPS) is 10.4. The summed E-state index contributed by atoms with van der Waals surface area (Å²) in [6.07, 6.45) is 1.71. The molecule has 1 N–H and O–H groups in total. The van der Waals surface area contributed by atoms with Crippen LogP contribution in [0.15, 0.2) is 36.5 Å². The Balaban J connectivity index is 2.22. The van der Waals surface area contributed by atoms with E-state index in [0.717, 1.165) is 24.2 Å². The van der Waals surface area contributed by atoms with Gasteiger partial charge in [0.2, 0.25) is 11.6 Å². The summed E-state index contributed by atoms with van der Waals surface area (Å²) < 4.78 is 5.59. The third kappa shape index (κ3) is 3.76. The summed E-state index contributed by atoms with van der Waals surface area (Å²) in [6, 6.07) is 8.22. The number of hydrogen-bond acceptors (Lipinski definition) is 5. The molecule has 0 saturated carbocycles. The van der Waals surface area contributed by atoms with Gasteiger partial charge >= 0.3 is 5.69 Å². The van der Waals surface area contributed by atoms with E-state index in [2.05, 4.69) is 10.3 Å². The lowest BCUT2D eigenvalue weighted by Crippen LogP contribution is -2.12. The Morgan fingerprint density at radius 1 is 1.38 bits per heavy atom. The molecule has 0 atom stereocenters. The highest BCUT2D eigenvalue weighted by Crippen LogP contribution is 2.31. The summed E-state index contributed by atoms with van der Waals surface area (Å²) in [5.74, 6) is 0.571. The van der Waals surface area contributed by atoms with Crippen LogP contribution < -0.4 is 10.1 Å². The first kappa shape index (κ1) is 14.9. The van der Waals surface area contributed by atoms with Crippen LogP contribution >= 0.6 is 0 Å². The molecular formula is C15H17N3O3. The molecule has 0 bridgehead atoms. The van der Waals surface area contributed by atoms with Crippen LogP contribution in [0.25, 0.3) is 0 Å². The molecule has 0 aliphatic heterocycles. The highest BCUT2D eigenvalue weighted by molar-refractivity contribution is 5.48. The van der Waals surface area contributed by atoms with Crippen LogP contribution in [0.3, 0.4) is 0 Å². The van der Waals surface area contributed by atoms with Crippen molar-refractivity contribution in [2.24, 2.45) is 0 Å². The molecule has 1 aromatic carbocycles. The smallest absolute Gasteiger partial charge is 0.311 e. The van der Waals surface area contributed by atoms with Crippen LogP contribution in [0.2, 0.25) is 0 Å². The van der Waals surface area contributed by atoms with Gasteiger partial charge in [-0.05, 0) is 31.2 Å². The second kappa shape index (κ2) is 6.81. The molecule has 0 unspecified atom stereocenters. The fourth-order valence-corrected chi connectivity index (χ4v) is 1.89.